The lowest BCUT2D eigenvalue weighted by Gasteiger charge is -2.38. The summed E-state index contributed by atoms with van der Waals surface area (Å²) in [6.45, 7) is 3.42. The molecule has 0 bridgehead atoms. The predicted octanol–water partition coefficient (Wildman–Crippen LogP) is 3.02. The first kappa shape index (κ1) is 21.5. The van der Waals surface area contributed by atoms with Gasteiger partial charge in [0.25, 0.3) is 11.8 Å². The van der Waals surface area contributed by atoms with Gasteiger partial charge in [0.15, 0.2) is 11.4 Å². The maximum absolute atomic E-state index is 13.0. The first-order valence-electron chi connectivity index (χ1n) is 9.44. The molecule has 2 fully saturated rings. The van der Waals surface area contributed by atoms with E-state index in [1.165, 1.54) is 12.4 Å². The second kappa shape index (κ2) is 9.07. The van der Waals surface area contributed by atoms with Crippen LogP contribution in [0.1, 0.15) is 40.2 Å². The van der Waals surface area contributed by atoms with E-state index in [9.17, 15) is 9.59 Å². The highest BCUT2D eigenvalue weighted by molar-refractivity contribution is 6.30. The molecule has 1 spiro atoms. The topological polar surface area (TPSA) is 87.2 Å². The third-order valence-corrected chi connectivity index (χ3v) is 5.91. The minimum absolute atomic E-state index is 0. The van der Waals surface area contributed by atoms with Crippen molar-refractivity contribution in [3.05, 3.63) is 53.1 Å². The van der Waals surface area contributed by atoms with Crippen molar-refractivity contribution in [1.82, 2.24) is 20.2 Å². The van der Waals surface area contributed by atoms with Crippen molar-refractivity contribution >= 4 is 41.5 Å². The number of amides is 2. The number of rotatable bonds is 3. The number of benzene rings is 1. The Kier molecular flexibility index (Phi) is 6.72. The highest BCUT2D eigenvalue weighted by Crippen LogP contribution is 2.37. The van der Waals surface area contributed by atoms with E-state index in [1.807, 2.05) is 0 Å². The molecule has 0 saturated carbocycles. The van der Waals surface area contributed by atoms with E-state index < -0.39 is 5.91 Å². The van der Waals surface area contributed by atoms with Crippen LogP contribution in [-0.4, -0.2) is 52.9 Å². The highest BCUT2D eigenvalue weighted by Gasteiger charge is 2.39. The molecule has 154 valence electrons. The van der Waals surface area contributed by atoms with Crippen LogP contribution in [0.25, 0.3) is 0 Å². The Morgan fingerprint density at radius 2 is 1.69 bits per heavy atom. The van der Waals surface area contributed by atoms with Gasteiger partial charge in [-0.3, -0.25) is 9.59 Å². The zero-order chi connectivity index (χ0) is 19.6. The van der Waals surface area contributed by atoms with E-state index in [0.29, 0.717) is 29.2 Å². The van der Waals surface area contributed by atoms with Gasteiger partial charge in [-0.1, -0.05) is 11.6 Å². The van der Waals surface area contributed by atoms with Crippen LogP contribution in [0.15, 0.2) is 36.7 Å². The van der Waals surface area contributed by atoms with Gasteiger partial charge in [0.05, 0.1) is 0 Å². The van der Waals surface area contributed by atoms with Crippen LogP contribution in [0.2, 0.25) is 5.02 Å². The van der Waals surface area contributed by atoms with Crippen molar-refractivity contribution in [3.63, 3.8) is 0 Å². The predicted molar refractivity (Wildman–Crippen MR) is 114 cm³/mol. The number of nitrogens with one attached hydrogen (secondary N) is 2. The molecular formula is C20H23Cl2N5O2. The minimum atomic E-state index is -0.466. The van der Waals surface area contributed by atoms with Crippen molar-refractivity contribution in [2.75, 3.05) is 31.5 Å². The molecule has 2 aliphatic rings. The van der Waals surface area contributed by atoms with Crippen molar-refractivity contribution in [2.45, 2.75) is 19.3 Å². The van der Waals surface area contributed by atoms with Crippen LogP contribution in [-0.2, 0) is 0 Å². The SMILES string of the molecule is Cl.O=C(Nc1ccc(Cl)cc1)c1nccnc1C(=O)N1CCC2(CCNC2)CC1. The molecular weight excluding hydrogens is 413 g/mol. The van der Waals surface area contributed by atoms with Gasteiger partial charge in [-0.15, -0.1) is 12.4 Å². The van der Waals surface area contributed by atoms with Crippen molar-refractivity contribution in [2.24, 2.45) is 5.41 Å². The number of carbonyl (C=O) groups is 2. The van der Waals surface area contributed by atoms with Gasteiger partial charge in [0.1, 0.15) is 0 Å². The fourth-order valence-corrected chi connectivity index (χ4v) is 4.07. The van der Waals surface area contributed by atoms with Gasteiger partial charge in [-0.25, -0.2) is 9.97 Å². The number of nitrogens with zero attached hydrogens (tertiary/aromatic N) is 3. The fraction of sp³-hybridized carbons (Fsp3) is 0.400. The Morgan fingerprint density at radius 1 is 1.03 bits per heavy atom. The lowest BCUT2D eigenvalue weighted by atomic mass is 9.78. The van der Waals surface area contributed by atoms with E-state index in [-0.39, 0.29) is 29.7 Å². The Morgan fingerprint density at radius 3 is 2.31 bits per heavy atom. The molecule has 1 aromatic carbocycles. The molecule has 3 heterocycles. The van der Waals surface area contributed by atoms with E-state index in [4.69, 9.17) is 11.6 Å². The average Bonchev–Trinajstić information content (AvgIpc) is 3.17. The maximum atomic E-state index is 13.0. The highest BCUT2D eigenvalue weighted by atomic mass is 35.5. The lowest BCUT2D eigenvalue weighted by Crippen LogP contribution is -2.44. The largest absolute Gasteiger partial charge is 0.337 e. The normalized spacial score (nSPS) is 17.6. The summed E-state index contributed by atoms with van der Waals surface area (Å²) in [5.41, 5.74) is 1.01. The summed E-state index contributed by atoms with van der Waals surface area (Å²) in [6, 6.07) is 6.75. The molecule has 7 nitrogen and oxygen atoms in total. The van der Waals surface area contributed by atoms with E-state index >= 15 is 0 Å². The monoisotopic (exact) mass is 435 g/mol. The third-order valence-electron chi connectivity index (χ3n) is 5.66. The van der Waals surface area contributed by atoms with Crippen molar-refractivity contribution < 1.29 is 9.59 Å². The molecule has 0 unspecified atom stereocenters. The molecule has 2 aliphatic heterocycles. The quantitative estimate of drug-likeness (QED) is 0.773. The number of hydrogen-bond donors (Lipinski definition) is 2. The average molecular weight is 436 g/mol. The van der Waals surface area contributed by atoms with Gasteiger partial charge >= 0.3 is 0 Å². The van der Waals surface area contributed by atoms with Crippen LogP contribution in [0.3, 0.4) is 0 Å². The summed E-state index contributed by atoms with van der Waals surface area (Å²) in [4.78, 5) is 35.8. The number of anilines is 1. The molecule has 29 heavy (non-hydrogen) atoms. The van der Waals surface area contributed by atoms with Gasteiger partial charge < -0.3 is 15.5 Å². The van der Waals surface area contributed by atoms with E-state index in [2.05, 4.69) is 20.6 Å². The second-order valence-corrected chi connectivity index (χ2v) is 7.87. The minimum Gasteiger partial charge on any atom is -0.337 e. The van der Waals surface area contributed by atoms with Gasteiger partial charge in [-0.05, 0) is 55.5 Å². The molecule has 0 aliphatic carbocycles. The lowest BCUT2D eigenvalue weighted by molar-refractivity contribution is 0.0598. The molecule has 1 aromatic heterocycles. The van der Waals surface area contributed by atoms with Crippen LogP contribution in [0.4, 0.5) is 5.69 Å². The summed E-state index contributed by atoms with van der Waals surface area (Å²) in [5, 5.41) is 6.74. The van der Waals surface area contributed by atoms with Gasteiger partial charge in [-0.2, -0.15) is 0 Å². The molecule has 4 rings (SSSR count). The molecule has 2 saturated heterocycles. The standard InChI is InChI=1S/C20H22ClN5O2.ClH/c21-14-1-3-15(4-2-14)25-18(27)16-17(24-10-9-23-16)19(28)26-11-6-20(7-12-26)5-8-22-13-20;/h1-4,9-10,22H,5-8,11-13H2,(H,25,27);1H. The van der Waals surface area contributed by atoms with Crippen LogP contribution in [0, 0.1) is 5.41 Å². The summed E-state index contributed by atoms with van der Waals surface area (Å²) in [6.07, 6.45) is 5.97. The number of hydrogen-bond acceptors (Lipinski definition) is 5. The van der Waals surface area contributed by atoms with Gasteiger partial charge in [0.2, 0.25) is 0 Å². The summed E-state index contributed by atoms with van der Waals surface area (Å²) < 4.78 is 0. The first-order chi connectivity index (χ1) is 13.6. The number of piperidine rings is 1. The van der Waals surface area contributed by atoms with Crippen molar-refractivity contribution in [1.29, 1.82) is 0 Å². The third kappa shape index (κ3) is 4.69. The second-order valence-electron chi connectivity index (χ2n) is 7.43. The maximum Gasteiger partial charge on any atom is 0.276 e. The molecule has 2 amide bonds. The molecule has 0 atom stereocenters. The van der Waals surface area contributed by atoms with Crippen LogP contribution < -0.4 is 10.6 Å². The molecule has 2 N–H and O–H groups in total. The van der Waals surface area contributed by atoms with Crippen molar-refractivity contribution in [3.8, 4) is 0 Å². The molecule has 2 aromatic rings. The summed E-state index contributed by atoms with van der Waals surface area (Å²) >= 11 is 5.87. The Labute approximate surface area is 180 Å². The number of likely N-dealkylation sites (tertiary alicyclic amines) is 1. The van der Waals surface area contributed by atoms with E-state index in [0.717, 1.165) is 32.4 Å². The van der Waals surface area contributed by atoms with E-state index in [1.54, 1.807) is 29.2 Å². The Balaban J connectivity index is 0.00000240. The number of carbonyl (C=O) groups excluding carboxylic acids is 2. The number of aromatic nitrogens is 2. The smallest absolute Gasteiger partial charge is 0.276 e. The first-order valence-corrected chi connectivity index (χ1v) is 9.82. The summed E-state index contributed by atoms with van der Waals surface area (Å²) in [7, 11) is 0. The molecule has 0 radical (unpaired) electrons. The van der Waals surface area contributed by atoms with Crippen LogP contribution in [0.5, 0.6) is 0 Å². The number of halogens is 2. The molecule has 9 heteroatoms. The Bertz CT molecular complexity index is 875. The van der Waals surface area contributed by atoms with Crippen LogP contribution >= 0.6 is 24.0 Å². The fourth-order valence-electron chi connectivity index (χ4n) is 3.94. The summed E-state index contributed by atoms with van der Waals surface area (Å²) in [5.74, 6) is -0.706. The van der Waals surface area contributed by atoms with Gasteiger partial charge in [0, 0.05) is 42.7 Å². The zero-order valence-electron chi connectivity index (χ0n) is 15.9. The Hall–Kier alpha value is -2.22. The zero-order valence-corrected chi connectivity index (χ0v) is 17.4.